The van der Waals surface area contributed by atoms with Crippen molar-refractivity contribution in [1.29, 1.82) is 0 Å². The zero-order chi connectivity index (χ0) is 13.3. The molecule has 1 aliphatic rings. The summed E-state index contributed by atoms with van der Waals surface area (Å²) in [5.41, 5.74) is 2.14. The minimum Gasteiger partial charge on any atom is -0.478 e. The average molecular weight is 249 g/mol. The van der Waals surface area contributed by atoms with Gasteiger partial charge in [-0.05, 0) is 31.9 Å². The summed E-state index contributed by atoms with van der Waals surface area (Å²) in [6.45, 7) is 4.72. The molecule has 1 aromatic carbocycles. The van der Waals surface area contributed by atoms with E-state index in [0.29, 0.717) is 5.56 Å². The van der Waals surface area contributed by atoms with Crippen LogP contribution >= 0.6 is 0 Å². The molecular formula is C14H19NO3. The number of rotatable bonds is 3. The molecule has 1 aliphatic heterocycles. The van der Waals surface area contributed by atoms with Gasteiger partial charge in [0.2, 0.25) is 0 Å². The van der Waals surface area contributed by atoms with Crippen LogP contribution in [0.5, 0.6) is 0 Å². The first-order valence-electron chi connectivity index (χ1n) is 6.19. The summed E-state index contributed by atoms with van der Waals surface area (Å²) < 4.78 is 5.56. The van der Waals surface area contributed by atoms with Crippen molar-refractivity contribution >= 4 is 11.7 Å². The first-order chi connectivity index (χ1) is 8.52. The Bertz CT molecular complexity index is 458. The Kier molecular flexibility index (Phi) is 3.57. The van der Waals surface area contributed by atoms with E-state index in [0.717, 1.165) is 24.3 Å². The number of anilines is 1. The third kappa shape index (κ3) is 2.20. The highest BCUT2D eigenvalue weighted by atomic mass is 16.5. The third-order valence-corrected chi connectivity index (χ3v) is 3.65. The van der Waals surface area contributed by atoms with Crippen LogP contribution in [0.3, 0.4) is 0 Å². The molecule has 18 heavy (non-hydrogen) atoms. The van der Waals surface area contributed by atoms with E-state index >= 15 is 0 Å². The largest absolute Gasteiger partial charge is 0.478 e. The number of para-hydroxylation sites is 1. The summed E-state index contributed by atoms with van der Waals surface area (Å²) in [6.07, 6.45) is 1.07. The van der Waals surface area contributed by atoms with Gasteiger partial charge in [0.15, 0.2) is 0 Å². The summed E-state index contributed by atoms with van der Waals surface area (Å²) in [5.74, 6) is -0.882. The van der Waals surface area contributed by atoms with E-state index in [1.165, 1.54) is 0 Å². The van der Waals surface area contributed by atoms with Gasteiger partial charge in [0.1, 0.15) is 0 Å². The summed E-state index contributed by atoms with van der Waals surface area (Å²) >= 11 is 0. The molecule has 4 heteroatoms. The van der Waals surface area contributed by atoms with E-state index in [4.69, 9.17) is 4.74 Å². The van der Waals surface area contributed by atoms with Crippen LogP contribution in [-0.2, 0) is 4.74 Å². The van der Waals surface area contributed by atoms with E-state index < -0.39 is 5.97 Å². The van der Waals surface area contributed by atoms with Crippen molar-refractivity contribution in [2.24, 2.45) is 0 Å². The third-order valence-electron chi connectivity index (χ3n) is 3.65. The highest BCUT2D eigenvalue weighted by Crippen LogP contribution is 2.30. The van der Waals surface area contributed by atoms with Crippen LogP contribution in [0.15, 0.2) is 18.2 Å². The molecule has 2 unspecified atom stereocenters. The van der Waals surface area contributed by atoms with Crippen LogP contribution in [0.4, 0.5) is 5.69 Å². The van der Waals surface area contributed by atoms with E-state index in [-0.39, 0.29) is 12.1 Å². The monoisotopic (exact) mass is 249 g/mol. The normalized spacial score (nSPS) is 23.1. The molecule has 0 spiro atoms. The van der Waals surface area contributed by atoms with Gasteiger partial charge in [-0.15, -0.1) is 0 Å². The molecule has 0 bridgehead atoms. The van der Waals surface area contributed by atoms with Gasteiger partial charge in [0, 0.05) is 13.7 Å². The molecular weight excluding hydrogens is 230 g/mol. The van der Waals surface area contributed by atoms with Crippen molar-refractivity contribution in [2.45, 2.75) is 32.4 Å². The lowest BCUT2D eigenvalue weighted by molar-refractivity contribution is 0.0697. The lowest BCUT2D eigenvalue weighted by Gasteiger charge is -2.31. The number of nitrogens with zero attached hydrogens (tertiary/aromatic N) is 1. The Morgan fingerprint density at radius 2 is 2.22 bits per heavy atom. The second-order valence-corrected chi connectivity index (χ2v) is 4.82. The highest BCUT2D eigenvalue weighted by Gasteiger charge is 2.30. The number of aromatic carboxylic acids is 1. The van der Waals surface area contributed by atoms with E-state index in [1.54, 1.807) is 12.1 Å². The number of aryl methyl sites for hydroxylation is 1. The summed E-state index contributed by atoms with van der Waals surface area (Å²) in [7, 11) is 1.95. The van der Waals surface area contributed by atoms with Gasteiger partial charge in [0.25, 0.3) is 0 Å². The van der Waals surface area contributed by atoms with Crippen molar-refractivity contribution in [3.63, 3.8) is 0 Å². The molecule has 0 saturated carbocycles. The Labute approximate surface area is 107 Å². The summed E-state index contributed by atoms with van der Waals surface area (Å²) in [4.78, 5) is 13.4. The van der Waals surface area contributed by atoms with Crippen LogP contribution in [-0.4, -0.2) is 36.9 Å². The maximum atomic E-state index is 11.3. The molecule has 0 radical (unpaired) electrons. The number of likely N-dealkylation sites (N-methyl/N-ethyl adjacent to an activating group) is 1. The predicted molar refractivity (Wildman–Crippen MR) is 70.4 cm³/mol. The van der Waals surface area contributed by atoms with Gasteiger partial charge in [-0.25, -0.2) is 4.79 Å². The second kappa shape index (κ2) is 4.98. The zero-order valence-corrected chi connectivity index (χ0v) is 11.0. The highest BCUT2D eigenvalue weighted by molar-refractivity contribution is 5.95. The van der Waals surface area contributed by atoms with Gasteiger partial charge >= 0.3 is 5.97 Å². The molecule has 1 heterocycles. The lowest BCUT2D eigenvalue weighted by Crippen LogP contribution is -2.38. The zero-order valence-electron chi connectivity index (χ0n) is 11.0. The Morgan fingerprint density at radius 1 is 1.50 bits per heavy atom. The number of carboxylic acids is 1. The van der Waals surface area contributed by atoms with Crippen LogP contribution in [0.25, 0.3) is 0 Å². The van der Waals surface area contributed by atoms with Gasteiger partial charge in [-0.1, -0.05) is 12.1 Å². The van der Waals surface area contributed by atoms with E-state index in [2.05, 4.69) is 4.90 Å². The number of hydrogen-bond donors (Lipinski definition) is 1. The number of hydrogen-bond acceptors (Lipinski definition) is 3. The van der Waals surface area contributed by atoms with E-state index in [1.807, 2.05) is 27.0 Å². The lowest BCUT2D eigenvalue weighted by atomic mass is 10.0. The molecule has 1 fully saturated rings. The fraction of sp³-hybridized carbons (Fsp3) is 0.500. The van der Waals surface area contributed by atoms with Crippen molar-refractivity contribution in [2.75, 3.05) is 18.6 Å². The van der Waals surface area contributed by atoms with Crippen molar-refractivity contribution < 1.29 is 14.6 Å². The number of carbonyl (C=O) groups is 1. The first kappa shape index (κ1) is 12.9. The molecule has 0 aliphatic carbocycles. The van der Waals surface area contributed by atoms with Gasteiger partial charge in [-0.3, -0.25) is 0 Å². The minimum absolute atomic E-state index is 0.135. The SMILES string of the molecule is Cc1cccc(C(=O)O)c1N(C)C1CCOC1C. The van der Waals surface area contributed by atoms with E-state index in [9.17, 15) is 9.90 Å². The minimum atomic E-state index is -0.882. The fourth-order valence-corrected chi connectivity index (χ4v) is 2.69. The molecule has 0 aromatic heterocycles. The van der Waals surface area contributed by atoms with Crippen molar-refractivity contribution in [1.82, 2.24) is 0 Å². The Morgan fingerprint density at radius 3 is 2.78 bits per heavy atom. The first-order valence-corrected chi connectivity index (χ1v) is 6.19. The maximum Gasteiger partial charge on any atom is 0.337 e. The smallest absolute Gasteiger partial charge is 0.337 e. The van der Waals surface area contributed by atoms with Gasteiger partial charge in [-0.2, -0.15) is 0 Å². The Balaban J connectivity index is 2.40. The standard InChI is InChI=1S/C14H19NO3/c1-9-5-4-6-11(14(16)17)13(9)15(3)12-7-8-18-10(12)2/h4-6,10,12H,7-8H2,1-3H3,(H,16,17). The quantitative estimate of drug-likeness (QED) is 0.893. The molecule has 98 valence electrons. The topological polar surface area (TPSA) is 49.8 Å². The average Bonchev–Trinajstić information content (AvgIpc) is 2.74. The summed E-state index contributed by atoms with van der Waals surface area (Å²) in [5, 5.41) is 9.29. The molecule has 1 saturated heterocycles. The van der Waals surface area contributed by atoms with Crippen molar-refractivity contribution in [3.05, 3.63) is 29.3 Å². The number of carboxylic acid groups (broad SMARTS) is 1. The van der Waals surface area contributed by atoms with Gasteiger partial charge < -0.3 is 14.7 Å². The molecule has 1 N–H and O–H groups in total. The molecule has 2 rings (SSSR count). The van der Waals surface area contributed by atoms with Crippen LogP contribution in [0.1, 0.15) is 29.3 Å². The van der Waals surface area contributed by atoms with Crippen LogP contribution in [0.2, 0.25) is 0 Å². The summed E-state index contributed by atoms with van der Waals surface area (Å²) in [6, 6.07) is 5.62. The molecule has 2 atom stereocenters. The Hall–Kier alpha value is -1.55. The molecule has 0 amide bonds. The number of benzene rings is 1. The fourth-order valence-electron chi connectivity index (χ4n) is 2.69. The number of ether oxygens (including phenoxy) is 1. The maximum absolute atomic E-state index is 11.3. The predicted octanol–water partition coefficient (Wildman–Crippen LogP) is 2.31. The van der Waals surface area contributed by atoms with Crippen LogP contribution in [0, 0.1) is 6.92 Å². The second-order valence-electron chi connectivity index (χ2n) is 4.82. The molecule has 4 nitrogen and oxygen atoms in total. The molecule has 1 aromatic rings. The van der Waals surface area contributed by atoms with Crippen molar-refractivity contribution in [3.8, 4) is 0 Å². The van der Waals surface area contributed by atoms with Crippen LogP contribution < -0.4 is 4.90 Å². The van der Waals surface area contributed by atoms with Gasteiger partial charge in [0.05, 0.1) is 23.4 Å².